The molecule has 0 saturated heterocycles. The fraction of sp³-hybridized carbons (Fsp3) is 0.333. The second-order valence-corrected chi connectivity index (χ2v) is 8.24. The first kappa shape index (κ1) is 22.2. The largest absolute Gasteiger partial charge is 0.497 e. The van der Waals surface area contributed by atoms with E-state index < -0.39 is 5.54 Å². The molecule has 0 atom stereocenters. The standard InChI is InChI=1S/C24H28N2O5/c1-24(2,3)26(23(28)16-10-19(30-5)12-20(11-16)31-6)14-17-9-15-7-8-18(29-4)13-21(15)25-22(17)27/h7-13H,14H2,1-6H3,(H,25,27). The van der Waals surface area contributed by atoms with Crippen molar-refractivity contribution in [2.24, 2.45) is 0 Å². The van der Waals surface area contributed by atoms with Crippen LogP contribution < -0.4 is 19.8 Å². The molecule has 7 nitrogen and oxygen atoms in total. The zero-order valence-corrected chi connectivity index (χ0v) is 18.7. The smallest absolute Gasteiger partial charge is 0.254 e. The molecular formula is C24H28N2O5. The highest BCUT2D eigenvalue weighted by molar-refractivity contribution is 5.95. The number of carbonyl (C=O) groups excluding carboxylic acids is 1. The molecule has 1 aromatic heterocycles. The molecule has 0 saturated carbocycles. The molecule has 3 rings (SSSR count). The Morgan fingerprint density at radius 1 is 0.903 bits per heavy atom. The number of aromatic amines is 1. The normalized spacial score (nSPS) is 11.3. The molecule has 3 aromatic rings. The van der Waals surface area contributed by atoms with Crippen molar-refractivity contribution >= 4 is 16.8 Å². The number of nitrogens with zero attached hydrogens (tertiary/aromatic N) is 1. The molecule has 0 radical (unpaired) electrons. The number of aromatic nitrogens is 1. The van der Waals surface area contributed by atoms with Gasteiger partial charge in [0.05, 0.1) is 33.4 Å². The Labute approximate surface area is 181 Å². The second-order valence-electron chi connectivity index (χ2n) is 8.24. The number of pyridine rings is 1. The highest BCUT2D eigenvalue weighted by atomic mass is 16.5. The van der Waals surface area contributed by atoms with Crippen molar-refractivity contribution in [2.75, 3.05) is 21.3 Å². The van der Waals surface area contributed by atoms with Crippen molar-refractivity contribution in [1.29, 1.82) is 0 Å². The minimum atomic E-state index is -0.533. The van der Waals surface area contributed by atoms with Crippen molar-refractivity contribution < 1.29 is 19.0 Å². The molecule has 164 valence electrons. The van der Waals surface area contributed by atoms with Crippen LogP contribution in [0.25, 0.3) is 10.9 Å². The van der Waals surface area contributed by atoms with Gasteiger partial charge in [0.2, 0.25) is 0 Å². The number of nitrogens with one attached hydrogen (secondary N) is 1. The molecule has 7 heteroatoms. The van der Waals surface area contributed by atoms with Crippen LogP contribution in [0.4, 0.5) is 0 Å². The van der Waals surface area contributed by atoms with Gasteiger partial charge < -0.3 is 24.1 Å². The Balaban J connectivity index is 2.02. The summed E-state index contributed by atoms with van der Waals surface area (Å²) in [6.45, 7) is 5.95. The molecule has 0 aliphatic heterocycles. The van der Waals surface area contributed by atoms with E-state index in [1.807, 2.05) is 39.0 Å². The number of hydrogen-bond donors (Lipinski definition) is 1. The third-order valence-electron chi connectivity index (χ3n) is 5.11. The molecule has 1 amide bonds. The highest BCUT2D eigenvalue weighted by Crippen LogP contribution is 2.27. The highest BCUT2D eigenvalue weighted by Gasteiger charge is 2.29. The Kier molecular flexibility index (Phi) is 6.24. The van der Waals surface area contributed by atoms with E-state index in [2.05, 4.69) is 4.98 Å². The molecule has 31 heavy (non-hydrogen) atoms. The first-order chi connectivity index (χ1) is 14.7. The van der Waals surface area contributed by atoms with E-state index in [-0.39, 0.29) is 18.0 Å². The summed E-state index contributed by atoms with van der Waals surface area (Å²) in [6.07, 6.45) is 0. The predicted octanol–water partition coefficient (Wildman–Crippen LogP) is 3.99. The Morgan fingerprint density at radius 3 is 2.06 bits per heavy atom. The SMILES string of the molecule is COc1cc(OC)cc(C(=O)N(Cc2cc3ccc(OC)cc3[nH]c2=O)C(C)(C)C)c1. The van der Waals surface area contributed by atoms with Crippen molar-refractivity contribution in [3.63, 3.8) is 0 Å². The van der Waals surface area contributed by atoms with E-state index in [9.17, 15) is 9.59 Å². The molecule has 2 aromatic carbocycles. The van der Waals surface area contributed by atoms with Crippen LogP contribution >= 0.6 is 0 Å². The van der Waals surface area contributed by atoms with Crippen LogP contribution in [0.1, 0.15) is 36.7 Å². The number of rotatable bonds is 6. The van der Waals surface area contributed by atoms with E-state index in [0.717, 1.165) is 5.39 Å². The van der Waals surface area contributed by atoms with Crippen LogP contribution in [0, 0.1) is 0 Å². The fourth-order valence-corrected chi connectivity index (χ4v) is 3.34. The lowest BCUT2D eigenvalue weighted by Crippen LogP contribution is -2.46. The monoisotopic (exact) mass is 424 g/mol. The maximum absolute atomic E-state index is 13.5. The number of benzene rings is 2. The lowest BCUT2D eigenvalue weighted by Gasteiger charge is -2.36. The number of H-pyrrole nitrogens is 1. The van der Waals surface area contributed by atoms with Crippen molar-refractivity contribution in [3.8, 4) is 17.2 Å². The Morgan fingerprint density at radius 2 is 1.52 bits per heavy atom. The zero-order chi connectivity index (χ0) is 22.8. The topological polar surface area (TPSA) is 80.9 Å². The van der Waals surface area contributed by atoms with Crippen molar-refractivity contribution in [2.45, 2.75) is 32.9 Å². The average molecular weight is 424 g/mol. The third kappa shape index (κ3) is 4.82. The summed E-state index contributed by atoms with van der Waals surface area (Å²) in [7, 11) is 4.65. The van der Waals surface area contributed by atoms with Crippen LogP contribution in [0.2, 0.25) is 0 Å². The quantitative estimate of drug-likeness (QED) is 0.647. The molecule has 1 heterocycles. The molecular weight excluding hydrogens is 396 g/mol. The summed E-state index contributed by atoms with van der Waals surface area (Å²) in [5, 5.41) is 0.861. The van der Waals surface area contributed by atoms with Gasteiger partial charge in [0, 0.05) is 28.8 Å². The third-order valence-corrected chi connectivity index (χ3v) is 5.11. The van der Waals surface area contributed by atoms with Crippen molar-refractivity contribution in [3.05, 3.63) is 63.9 Å². The van der Waals surface area contributed by atoms with Crippen molar-refractivity contribution in [1.82, 2.24) is 9.88 Å². The summed E-state index contributed by atoms with van der Waals surface area (Å²) in [4.78, 5) is 30.8. The maximum Gasteiger partial charge on any atom is 0.254 e. The van der Waals surface area contributed by atoms with Crippen LogP contribution in [-0.2, 0) is 6.54 Å². The van der Waals surface area contributed by atoms with Crippen LogP contribution in [-0.4, -0.2) is 42.7 Å². The van der Waals surface area contributed by atoms with Gasteiger partial charge in [-0.3, -0.25) is 9.59 Å². The molecule has 0 aliphatic rings. The zero-order valence-electron chi connectivity index (χ0n) is 18.7. The van der Waals surface area contributed by atoms with Gasteiger partial charge in [-0.05, 0) is 56.5 Å². The molecule has 1 N–H and O–H groups in total. The Hall–Kier alpha value is -3.48. The van der Waals surface area contributed by atoms with Gasteiger partial charge in [0.15, 0.2) is 0 Å². The predicted molar refractivity (Wildman–Crippen MR) is 120 cm³/mol. The van der Waals surface area contributed by atoms with E-state index >= 15 is 0 Å². The number of fused-ring (bicyclic) bond motifs is 1. The average Bonchev–Trinajstić information content (AvgIpc) is 2.75. The van der Waals surface area contributed by atoms with E-state index in [1.165, 1.54) is 14.2 Å². The lowest BCUT2D eigenvalue weighted by molar-refractivity contribution is 0.0557. The van der Waals surface area contributed by atoms with Gasteiger partial charge in [0.1, 0.15) is 17.2 Å². The first-order valence-electron chi connectivity index (χ1n) is 9.91. The maximum atomic E-state index is 13.5. The molecule has 0 fully saturated rings. The van der Waals surface area contributed by atoms with Gasteiger partial charge in [-0.15, -0.1) is 0 Å². The van der Waals surface area contributed by atoms with E-state index in [0.29, 0.717) is 33.9 Å². The number of ether oxygens (including phenoxy) is 3. The van der Waals surface area contributed by atoms with Gasteiger partial charge >= 0.3 is 0 Å². The molecule has 0 bridgehead atoms. The van der Waals surface area contributed by atoms with Gasteiger partial charge in [-0.1, -0.05) is 0 Å². The van der Waals surface area contributed by atoms with E-state index in [4.69, 9.17) is 14.2 Å². The number of amides is 1. The van der Waals surface area contributed by atoms with Crippen LogP contribution in [0.15, 0.2) is 47.3 Å². The Bertz CT molecular complexity index is 1140. The molecule has 0 aliphatic carbocycles. The summed E-state index contributed by atoms with van der Waals surface area (Å²) in [5.74, 6) is 1.48. The first-order valence-corrected chi connectivity index (χ1v) is 9.91. The fourth-order valence-electron chi connectivity index (χ4n) is 3.34. The number of methoxy groups -OCH3 is 3. The van der Waals surface area contributed by atoms with Crippen LogP contribution in [0.5, 0.6) is 17.2 Å². The summed E-state index contributed by atoms with van der Waals surface area (Å²) in [6, 6.07) is 12.3. The summed E-state index contributed by atoms with van der Waals surface area (Å²) in [5.41, 5.74) is 0.823. The van der Waals surface area contributed by atoms with Gasteiger partial charge in [0.25, 0.3) is 11.5 Å². The molecule has 0 spiro atoms. The number of carbonyl (C=O) groups is 1. The summed E-state index contributed by atoms with van der Waals surface area (Å²) >= 11 is 0. The van der Waals surface area contributed by atoms with Gasteiger partial charge in [-0.25, -0.2) is 0 Å². The van der Waals surface area contributed by atoms with E-state index in [1.54, 1.807) is 36.3 Å². The molecule has 0 unspecified atom stereocenters. The lowest BCUT2D eigenvalue weighted by atomic mass is 10.0. The summed E-state index contributed by atoms with van der Waals surface area (Å²) < 4.78 is 15.8. The number of hydrogen-bond acceptors (Lipinski definition) is 5. The minimum Gasteiger partial charge on any atom is -0.497 e. The second kappa shape index (κ2) is 8.71. The minimum absolute atomic E-state index is 0.152. The van der Waals surface area contributed by atoms with Gasteiger partial charge in [-0.2, -0.15) is 0 Å². The van der Waals surface area contributed by atoms with Crippen LogP contribution in [0.3, 0.4) is 0 Å².